The zero-order valence-electron chi connectivity index (χ0n) is 5.87. The topological polar surface area (TPSA) is 43.4 Å². The van der Waals surface area contributed by atoms with Crippen LogP contribution in [0.5, 0.6) is 0 Å². The van der Waals surface area contributed by atoms with E-state index in [2.05, 4.69) is 0 Å². The fourth-order valence-electron chi connectivity index (χ4n) is 0.615. The molecule has 0 heterocycles. The molecule has 0 aromatic carbocycles. The van der Waals surface area contributed by atoms with Crippen LogP contribution < -0.4 is 0 Å². The molecule has 0 bridgehead atoms. The average Bonchev–Trinajstić information content (AvgIpc) is 1.86. The molecular weight excluding hydrogens is 151 g/mol. The summed E-state index contributed by atoms with van der Waals surface area (Å²) in [6, 6.07) is 0. The van der Waals surface area contributed by atoms with Gasteiger partial charge in [-0.2, -0.15) is 0 Å². The Morgan fingerprint density at radius 1 is 1.80 bits per heavy atom. The summed E-state index contributed by atoms with van der Waals surface area (Å²) in [5.41, 5.74) is 0. The minimum atomic E-state index is -0.264. The highest BCUT2D eigenvalue weighted by atomic mass is 31.0. The molecule has 0 aromatic rings. The molecule has 0 amide bonds. The maximum atomic E-state index is 10.5. The second-order valence-electron chi connectivity index (χ2n) is 2.07. The van der Waals surface area contributed by atoms with Crippen molar-refractivity contribution in [2.24, 2.45) is 0 Å². The Bertz CT molecular complexity index is 124. The lowest BCUT2D eigenvalue weighted by molar-refractivity contribution is -0.118. The largest absolute Gasteiger partial charge is 0.362 e. The second-order valence-corrected chi connectivity index (χ2v) is 2.34. The molecule has 0 aromatic heterocycles. The maximum Gasteiger partial charge on any atom is 0.132 e. The molecule has 0 saturated carbocycles. The van der Waals surface area contributed by atoms with Gasteiger partial charge in [-0.05, 0) is 6.92 Å². The van der Waals surface area contributed by atoms with Crippen LogP contribution in [0.25, 0.3) is 0 Å². The quantitative estimate of drug-likeness (QED) is 0.442. The fraction of sp³-hybridized carbons (Fsp3) is 0.667. The lowest BCUT2D eigenvalue weighted by Gasteiger charge is -2.07. The summed E-state index contributed by atoms with van der Waals surface area (Å²) >= 11 is 0. The van der Waals surface area contributed by atoms with Gasteiger partial charge in [-0.3, -0.25) is 4.79 Å². The maximum absolute atomic E-state index is 10.5. The Kier molecular flexibility index (Phi) is 5.36. The molecule has 0 rings (SSSR count). The molecule has 58 valence electrons. The third-order valence-corrected chi connectivity index (χ3v) is 1.45. The van der Waals surface area contributed by atoms with Gasteiger partial charge in [0.05, 0.1) is 6.10 Å². The first-order valence-electron chi connectivity index (χ1n) is 2.99. The predicted molar refractivity (Wildman–Crippen MR) is 40.6 cm³/mol. The first-order chi connectivity index (χ1) is 4.70. The van der Waals surface area contributed by atoms with Crippen LogP contribution in [-0.4, -0.2) is 18.2 Å². The van der Waals surface area contributed by atoms with Crippen molar-refractivity contribution in [3.63, 3.8) is 0 Å². The summed E-state index contributed by atoms with van der Waals surface area (Å²) in [5.74, 6) is 0.0364. The van der Waals surface area contributed by atoms with Gasteiger partial charge in [-0.25, -0.2) is 0 Å². The normalized spacial score (nSPS) is 12.6. The molecule has 4 heteroatoms. The van der Waals surface area contributed by atoms with Gasteiger partial charge in [0, 0.05) is 22.3 Å². The van der Waals surface area contributed by atoms with Crippen LogP contribution in [0.2, 0.25) is 0 Å². The van der Waals surface area contributed by atoms with E-state index < -0.39 is 0 Å². The SMILES string of the molecule is CC(=O)C[C@H](CC=O)OP. The summed E-state index contributed by atoms with van der Waals surface area (Å²) in [5, 5.41) is 0. The smallest absolute Gasteiger partial charge is 0.132 e. The molecule has 0 spiro atoms. The van der Waals surface area contributed by atoms with Gasteiger partial charge in [0.1, 0.15) is 12.1 Å². The number of hydrogen-bond acceptors (Lipinski definition) is 3. The second kappa shape index (κ2) is 5.51. The van der Waals surface area contributed by atoms with Crippen LogP contribution in [0.4, 0.5) is 0 Å². The van der Waals surface area contributed by atoms with Crippen LogP contribution in [0, 0.1) is 0 Å². The first kappa shape index (κ1) is 9.73. The number of carbonyl (C=O) groups excluding carboxylic acids is 2. The summed E-state index contributed by atoms with van der Waals surface area (Å²) < 4.78 is 4.77. The molecule has 10 heavy (non-hydrogen) atoms. The number of aldehydes is 1. The predicted octanol–water partition coefficient (Wildman–Crippen LogP) is 0.730. The molecule has 0 aliphatic rings. The van der Waals surface area contributed by atoms with Gasteiger partial charge in [0.15, 0.2) is 0 Å². The van der Waals surface area contributed by atoms with E-state index in [1.54, 1.807) is 0 Å². The van der Waals surface area contributed by atoms with E-state index in [4.69, 9.17) is 4.52 Å². The van der Waals surface area contributed by atoms with Crippen LogP contribution in [0.1, 0.15) is 19.8 Å². The van der Waals surface area contributed by atoms with Gasteiger partial charge in [-0.1, -0.05) is 0 Å². The molecule has 0 saturated heterocycles. The summed E-state index contributed by atoms with van der Waals surface area (Å²) in [7, 11) is 2.05. The lowest BCUT2D eigenvalue weighted by atomic mass is 10.1. The highest BCUT2D eigenvalue weighted by Crippen LogP contribution is 2.06. The van der Waals surface area contributed by atoms with Crippen molar-refractivity contribution in [1.82, 2.24) is 0 Å². The van der Waals surface area contributed by atoms with Crippen LogP contribution in [0.3, 0.4) is 0 Å². The van der Waals surface area contributed by atoms with Gasteiger partial charge >= 0.3 is 0 Å². The van der Waals surface area contributed by atoms with Crippen LogP contribution >= 0.6 is 9.47 Å². The first-order valence-corrected chi connectivity index (χ1v) is 3.46. The fourth-order valence-corrected chi connectivity index (χ4v) is 0.822. The summed E-state index contributed by atoms with van der Waals surface area (Å²) in [4.78, 5) is 20.4. The number of carbonyl (C=O) groups is 2. The van der Waals surface area contributed by atoms with E-state index in [0.717, 1.165) is 6.29 Å². The minimum absolute atomic E-state index is 0.0364. The van der Waals surface area contributed by atoms with E-state index in [1.807, 2.05) is 9.47 Å². The molecule has 0 N–H and O–H groups in total. The van der Waals surface area contributed by atoms with E-state index in [-0.39, 0.29) is 18.3 Å². The van der Waals surface area contributed by atoms with Crippen molar-refractivity contribution in [2.75, 3.05) is 0 Å². The number of Topliss-reactive ketones (excluding diaryl/α,β-unsaturated/α-hetero) is 1. The Labute approximate surface area is 62.4 Å². The summed E-state index contributed by atoms with van der Waals surface area (Å²) in [6.07, 6.45) is 1.07. The highest BCUT2D eigenvalue weighted by Gasteiger charge is 2.08. The van der Waals surface area contributed by atoms with Crippen molar-refractivity contribution >= 4 is 21.5 Å². The van der Waals surface area contributed by atoms with Gasteiger partial charge in [0.2, 0.25) is 0 Å². The molecule has 0 fully saturated rings. The molecule has 2 atom stereocenters. The molecule has 0 aliphatic carbocycles. The lowest BCUT2D eigenvalue weighted by Crippen LogP contribution is -2.12. The van der Waals surface area contributed by atoms with Gasteiger partial charge in [-0.15, -0.1) is 0 Å². The third-order valence-electron chi connectivity index (χ3n) is 1.07. The van der Waals surface area contributed by atoms with E-state index in [1.165, 1.54) is 6.92 Å². The monoisotopic (exact) mass is 162 g/mol. The van der Waals surface area contributed by atoms with Crippen molar-refractivity contribution in [2.45, 2.75) is 25.9 Å². The van der Waals surface area contributed by atoms with Crippen LogP contribution in [0.15, 0.2) is 0 Å². The van der Waals surface area contributed by atoms with Gasteiger partial charge < -0.3 is 9.32 Å². The molecular formula is C6H11O3P. The standard InChI is InChI=1S/C6H11O3P/c1-5(8)4-6(9-10)2-3-7/h3,6H,2,4,10H2,1H3/t6-/m0/s1. The molecule has 0 radical (unpaired) electrons. The number of hydrogen-bond donors (Lipinski definition) is 0. The van der Waals surface area contributed by atoms with Crippen molar-refractivity contribution < 1.29 is 14.1 Å². The van der Waals surface area contributed by atoms with E-state index in [9.17, 15) is 9.59 Å². The van der Waals surface area contributed by atoms with Crippen molar-refractivity contribution in [3.05, 3.63) is 0 Å². The average molecular weight is 162 g/mol. The summed E-state index contributed by atoms with van der Waals surface area (Å²) in [6.45, 7) is 1.47. The number of rotatable bonds is 5. The Morgan fingerprint density at radius 3 is 2.70 bits per heavy atom. The van der Waals surface area contributed by atoms with Crippen molar-refractivity contribution in [1.29, 1.82) is 0 Å². The molecule has 0 aliphatic heterocycles. The zero-order valence-corrected chi connectivity index (χ0v) is 7.03. The Hall–Kier alpha value is -0.270. The van der Waals surface area contributed by atoms with E-state index in [0.29, 0.717) is 6.42 Å². The van der Waals surface area contributed by atoms with Crippen LogP contribution in [-0.2, 0) is 14.1 Å². The van der Waals surface area contributed by atoms with Gasteiger partial charge in [0.25, 0.3) is 0 Å². The Morgan fingerprint density at radius 2 is 2.40 bits per heavy atom. The van der Waals surface area contributed by atoms with E-state index >= 15 is 0 Å². The minimum Gasteiger partial charge on any atom is -0.362 e. The third kappa shape index (κ3) is 4.59. The zero-order chi connectivity index (χ0) is 7.98. The van der Waals surface area contributed by atoms with Crippen molar-refractivity contribution in [3.8, 4) is 0 Å². The molecule has 1 unspecified atom stereocenters. The molecule has 3 nitrogen and oxygen atoms in total. The highest BCUT2D eigenvalue weighted by molar-refractivity contribution is 7.09. The number of ketones is 1. The Balaban J connectivity index is 3.59.